The molecule has 5 aromatic rings. The number of hydrogen-bond donors (Lipinski definition) is 2. The molecule has 1 aliphatic heterocycles. The molecule has 0 radical (unpaired) electrons. The summed E-state index contributed by atoms with van der Waals surface area (Å²) in [5.41, 5.74) is 2.58. The van der Waals surface area contributed by atoms with Crippen LogP contribution in [0, 0.1) is 0 Å². The lowest BCUT2D eigenvalue weighted by Crippen LogP contribution is -2.43. The van der Waals surface area contributed by atoms with Crippen LogP contribution in [-0.2, 0) is 7.05 Å². The molecule has 38 heavy (non-hydrogen) atoms. The summed E-state index contributed by atoms with van der Waals surface area (Å²) in [6.45, 7) is 3.89. The topological polar surface area (TPSA) is 106 Å². The number of hydrogen-bond acceptors (Lipinski definition) is 8. The third-order valence-corrected chi connectivity index (χ3v) is 7.03. The van der Waals surface area contributed by atoms with Gasteiger partial charge in [0.1, 0.15) is 11.2 Å². The maximum absolute atomic E-state index is 13.5. The molecule has 0 amide bonds. The fourth-order valence-corrected chi connectivity index (χ4v) is 5.04. The molecule has 10 nitrogen and oxygen atoms in total. The predicted molar refractivity (Wildman–Crippen MR) is 150 cm³/mol. The van der Waals surface area contributed by atoms with Gasteiger partial charge in [-0.2, -0.15) is 9.78 Å². The van der Waals surface area contributed by atoms with Crippen LogP contribution in [0.1, 0.15) is 0 Å². The van der Waals surface area contributed by atoms with E-state index in [1.54, 1.807) is 35.2 Å². The van der Waals surface area contributed by atoms with Gasteiger partial charge in [0.2, 0.25) is 5.95 Å². The highest BCUT2D eigenvalue weighted by atomic mass is 35.5. The van der Waals surface area contributed by atoms with Gasteiger partial charge in [0.25, 0.3) is 5.56 Å². The van der Waals surface area contributed by atoms with E-state index in [9.17, 15) is 4.79 Å². The number of piperazine rings is 1. The maximum atomic E-state index is 13.5. The maximum Gasteiger partial charge on any atom is 0.282 e. The quantitative estimate of drug-likeness (QED) is 0.339. The van der Waals surface area contributed by atoms with Gasteiger partial charge in [0.15, 0.2) is 11.5 Å². The van der Waals surface area contributed by atoms with Crippen LogP contribution in [0.25, 0.3) is 28.1 Å². The second-order valence-corrected chi connectivity index (χ2v) is 9.68. The van der Waals surface area contributed by atoms with Crippen molar-refractivity contribution in [2.24, 2.45) is 7.05 Å². The minimum Gasteiger partial charge on any atom is -0.369 e. The number of aromatic nitrogens is 6. The summed E-state index contributed by atoms with van der Waals surface area (Å²) in [5.74, 6) is 0.856. The summed E-state index contributed by atoms with van der Waals surface area (Å²) in [4.78, 5) is 29.4. The number of fused-ring (bicyclic) bond motifs is 1. The monoisotopic (exact) mass is 547 g/mol. The van der Waals surface area contributed by atoms with Gasteiger partial charge in [0, 0.05) is 63.2 Å². The Morgan fingerprint density at radius 1 is 1.00 bits per heavy atom. The molecule has 0 unspecified atom stereocenters. The molecule has 0 atom stereocenters. The van der Waals surface area contributed by atoms with Crippen LogP contribution >= 0.6 is 23.2 Å². The van der Waals surface area contributed by atoms with E-state index in [1.165, 1.54) is 10.9 Å². The number of rotatable bonds is 5. The average Bonchev–Trinajstić information content (AvgIpc) is 3.36. The second kappa shape index (κ2) is 10.1. The van der Waals surface area contributed by atoms with E-state index in [-0.39, 0.29) is 11.1 Å². The smallest absolute Gasteiger partial charge is 0.282 e. The minimum absolute atomic E-state index is 0.258. The average molecular weight is 548 g/mol. The Morgan fingerprint density at radius 3 is 2.42 bits per heavy atom. The highest BCUT2D eigenvalue weighted by Crippen LogP contribution is 2.30. The van der Waals surface area contributed by atoms with E-state index in [0.29, 0.717) is 33.0 Å². The lowest BCUT2D eigenvalue weighted by atomic mass is 10.2. The molecule has 0 spiro atoms. The molecular formula is C26H23Cl2N9O. The predicted octanol–water partition coefficient (Wildman–Crippen LogP) is 4.04. The molecule has 12 heteroatoms. The standard InChI is InChI=1S/C26H23Cl2N9O/c1-35-12-11-30-24(35)22-21-18(25(38)37(34-22)23-19(27)3-2-4-20(23)28)15-31-26(33-21)32-16-5-7-17(8-6-16)36-13-9-29-10-14-36/h2-8,11-12,15,29H,9-10,13-14H2,1H3,(H,31,32,33). The fraction of sp³-hybridized carbons (Fsp3) is 0.192. The van der Waals surface area contributed by atoms with E-state index in [0.717, 1.165) is 37.6 Å². The zero-order valence-electron chi connectivity index (χ0n) is 20.4. The fourth-order valence-electron chi connectivity index (χ4n) is 4.48. The van der Waals surface area contributed by atoms with Crippen molar-refractivity contribution in [3.63, 3.8) is 0 Å². The van der Waals surface area contributed by atoms with Crippen LogP contribution < -0.4 is 21.1 Å². The molecule has 2 aromatic carbocycles. The van der Waals surface area contributed by atoms with Gasteiger partial charge in [-0.1, -0.05) is 29.3 Å². The SMILES string of the molecule is Cn1ccnc1-c1nn(-c2c(Cl)cccc2Cl)c(=O)c2cnc(Nc3ccc(N4CCNCC4)cc3)nc12. The number of nitrogens with zero attached hydrogens (tertiary/aromatic N) is 7. The molecule has 4 heterocycles. The van der Waals surface area contributed by atoms with Crippen LogP contribution in [0.15, 0.2) is 65.8 Å². The van der Waals surface area contributed by atoms with Gasteiger partial charge >= 0.3 is 0 Å². The van der Waals surface area contributed by atoms with Crippen LogP contribution in [0.3, 0.4) is 0 Å². The molecule has 1 fully saturated rings. The summed E-state index contributed by atoms with van der Waals surface area (Å²) in [7, 11) is 1.84. The Hall–Kier alpha value is -3.99. The van der Waals surface area contributed by atoms with Gasteiger partial charge in [0.05, 0.1) is 15.4 Å². The lowest BCUT2D eigenvalue weighted by molar-refractivity contribution is 0.589. The van der Waals surface area contributed by atoms with Crippen molar-refractivity contribution >= 4 is 51.4 Å². The summed E-state index contributed by atoms with van der Waals surface area (Å²) in [6.07, 6.45) is 4.93. The molecule has 1 aliphatic rings. The van der Waals surface area contributed by atoms with E-state index in [2.05, 4.69) is 47.7 Å². The summed E-state index contributed by atoms with van der Waals surface area (Å²) < 4.78 is 2.98. The Labute approximate surface area is 227 Å². The first-order chi connectivity index (χ1) is 18.5. The first-order valence-corrected chi connectivity index (χ1v) is 12.8. The largest absolute Gasteiger partial charge is 0.369 e. The van der Waals surface area contributed by atoms with Gasteiger partial charge < -0.3 is 20.1 Å². The van der Waals surface area contributed by atoms with Crippen LogP contribution in [-0.4, -0.2) is 55.5 Å². The molecule has 3 aromatic heterocycles. The highest BCUT2D eigenvalue weighted by Gasteiger charge is 2.21. The number of imidazole rings is 1. The number of aryl methyl sites for hydroxylation is 1. The third kappa shape index (κ3) is 4.47. The second-order valence-electron chi connectivity index (χ2n) is 8.86. The van der Waals surface area contributed by atoms with E-state index in [4.69, 9.17) is 23.2 Å². The molecule has 1 saturated heterocycles. The number of nitrogens with one attached hydrogen (secondary N) is 2. The van der Waals surface area contributed by atoms with Crippen LogP contribution in [0.4, 0.5) is 17.3 Å². The van der Waals surface area contributed by atoms with Gasteiger partial charge in [-0.3, -0.25) is 4.79 Å². The summed E-state index contributed by atoms with van der Waals surface area (Å²) >= 11 is 12.8. The normalized spacial score (nSPS) is 13.7. The zero-order valence-corrected chi connectivity index (χ0v) is 21.9. The van der Waals surface area contributed by atoms with E-state index in [1.807, 2.05) is 19.2 Å². The van der Waals surface area contributed by atoms with Crippen molar-refractivity contribution in [3.8, 4) is 17.2 Å². The van der Waals surface area contributed by atoms with Crippen molar-refractivity contribution in [1.29, 1.82) is 0 Å². The number of benzene rings is 2. The number of halogens is 2. The van der Waals surface area contributed by atoms with Crippen molar-refractivity contribution < 1.29 is 0 Å². The van der Waals surface area contributed by atoms with Gasteiger partial charge in [-0.25, -0.2) is 15.0 Å². The van der Waals surface area contributed by atoms with Crippen molar-refractivity contribution in [2.45, 2.75) is 0 Å². The van der Waals surface area contributed by atoms with E-state index < -0.39 is 5.56 Å². The summed E-state index contributed by atoms with van der Waals surface area (Å²) in [6, 6.07) is 13.1. The highest BCUT2D eigenvalue weighted by molar-refractivity contribution is 6.37. The van der Waals surface area contributed by atoms with Crippen molar-refractivity contribution in [1.82, 2.24) is 34.6 Å². The Kier molecular flexibility index (Phi) is 6.44. The third-order valence-electron chi connectivity index (χ3n) is 6.42. The molecule has 0 bridgehead atoms. The van der Waals surface area contributed by atoms with Gasteiger partial charge in [-0.05, 0) is 36.4 Å². The van der Waals surface area contributed by atoms with Crippen LogP contribution in [0.5, 0.6) is 0 Å². The van der Waals surface area contributed by atoms with Crippen LogP contribution in [0.2, 0.25) is 10.0 Å². The lowest BCUT2D eigenvalue weighted by Gasteiger charge is -2.29. The molecule has 0 saturated carbocycles. The number of anilines is 3. The first kappa shape index (κ1) is 24.4. The Balaban J connectivity index is 1.43. The number of para-hydroxylation sites is 1. The van der Waals surface area contributed by atoms with Crippen molar-refractivity contribution in [2.75, 3.05) is 36.4 Å². The minimum atomic E-state index is -0.445. The Morgan fingerprint density at radius 2 is 1.74 bits per heavy atom. The molecule has 192 valence electrons. The molecular weight excluding hydrogens is 525 g/mol. The molecule has 2 N–H and O–H groups in total. The van der Waals surface area contributed by atoms with E-state index >= 15 is 0 Å². The molecule has 6 rings (SSSR count). The Bertz CT molecular complexity index is 1670. The van der Waals surface area contributed by atoms with Crippen molar-refractivity contribution in [3.05, 3.63) is 81.5 Å². The van der Waals surface area contributed by atoms with Gasteiger partial charge in [-0.15, -0.1) is 0 Å². The summed E-state index contributed by atoms with van der Waals surface area (Å²) in [5, 5.41) is 12.1. The zero-order chi connectivity index (χ0) is 26.2. The molecule has 0 aliphatic carbocycles. The first-order valence-electron chi connectivity index (χ1n) is 12.0.